The van der Waals surface area contributed by atoms with Crippen molar-refractivity contribution < 1.29 is 4.74 Å². The zero-order chi connectivity index (χ0) is 11.1. The van der Waals surface area contributed by atoms with Crippen LogP contribution in [0.15, 0.2) is 60.7 Å². The molecule has 0 atom stereocenters. The molecule has 0 aliphatic rings. The molecule has 0 saturated heterocycles. The molecule has 2 aromatic carbocycles. The van der Waals surface area contributed by atoms with Crippen molar-refractivity contribution in [1.29, 1.82) is 0 Å². The molecule has 0 amide bonds. The van der Waals surface area contributed by atoms with Gasteiger partial charge in [-0.15, -0.1) is 0 Å². The number of hydrogen-bond donors (Lipinski definition) is 0. The average Bonchev–Trinajstić information content (AvgIpc) is 2.37. The van der Waals surface area contributed by atoms with E-state index in [0.717, 1.165) is 11.1 Å². The highest BCUT2D eigenvalue weighted by Crippen LogP contribution is 2.03. The first-order valence-electron chi connectivity index (χ1n) is 5.25. The SMILES string of the molecule is [C](=Cc1ccccc1)OCc1ccccc1. The number of ether oxygens (including phenoxy) is 1. The summed E-state index contributed by atoms with van der Waals surface area (Å²) in [6.07, 6.45) is 4.66. The van der Waals surface area contributed by atoms with Crippen molar-refractivity contribution in [3.05, 3.63) is 78.1 Å². The van der Waals surface area contributed by atoms with E-state index >= 15 is 0 Å². The molecule has 1 radical (unpaired) electrons. The van der Waals surface area contributed by atoms with Crippen molar-refractivity contribution in [2.75, 3.05) is 0 Å². The van der Waals surface area contributed by atoms with E-state index in [0.29, 0.717) is 6.61 Å². The smallest absolute Gasteiger partial charge is 0.162 e. The van der Waals surface area contributed by atoms with Crippen LogP contribution in [0.3, 0.4) is 0 Å². The van der Waals surface area contributed by atoms with Gasteiger partial charge in [0.1, 0.15) is 6.61 Å². The third kappa shape index (κ3) is 3.28. The van der Waals surface area contributed by atoms with Crippen LogP contribution >= 0.6 is 0 Å². The number of benzene rings is 2. The number of hydrogen-bond acceptors (Lipinski definition) is 1. The van der Waals surface area contributed by atoms with Gasteiger partial charge in [-0.1, -0.05) is 60.7 Å². The van der Waals surface area contributed by atoms with E-state index in [1.807, 2.05) is 66.7 Å². The quantitative estimate of drug-likeness (QED) is 0.698. The molecule has 1 nitrogen and oxygen atoms in total. The second-order valence-electron chi connectivity index (χ2n) is 3.45. The van der Waals surface area contributed by atoms with E-state index in [9.17, 15) is 0 Å². The van der Waals surface area contributed by atoms with Crippen molar-refractivity contribution >= 4 is 6.08 Å². The summed E-state index contributed by atoms with van der Waals surface area (Å²) in [6.45, 7) is 0.560. The summed E-state index contributed by atoms with van der Waals surface area (Å²) in [5, 5.41) is 0. The van der Waals surface area contributed by atoms with Gasteiger partial charge in [-0.2, -0.15) is 0 Å². The molecule has 0 aliphatic carbocycles. The summed E-state index contributed by atoms with van der Waals surface area (Å²) >= 11 is 0. The van der Waals surface area contributed by atoms with Crippen molar-refractivity contribution in [1.82, 2.24) is 0 Å². The zero-order valence-electron chi connectivity index (χ0n) is 8.97. The van der Waals surface area contributed by atoms with Crippen LogP contribution in [0.5, 0.6) is 0 Å². The molecular formula is C15H13O. The van der Waals surface area contributed by atoms with Gasteiger partial charge < -0.3 is 4.74 Å². The fourth-order valence-electron chi connectivity index (χ4n) is 1.36. The van der Waals surface area contributed by atoms with E-state index in [1.165, 1.54) is 0 Å². The van der Waals surface area contributed by atoms with Gasteiger partial charge in [0.05, 0.1) is 0 Å². The molecule has 0 fully saturated rings. The van der Waals surface area contributed by atoms with Gasteiger partial charge in [0.25, 0.3) is 0 Å². The van der Waals surface area contributed by atoms with Gasteiger partial charge in [-0.3, -0.25) is 0 Å². The lowest BCUT2D eigenvalue weighted by molar-refractivity contribution is 0.218. The van der Waals surface area contributed by atoms with Crippen LogP contribution in [0.4, 0.5) is 0 Å². The Morgan fingerprint density at radius 1 is 0.875 bits per heavy atom. The predicted octanol–water partition coefficient (Wildman–Crippen LogP) is 3.68. The van der Waals surface area contributed by atoms with Crippen molar-refractivity contribution in [2.45, 2.75) is 6.61 Å². The van der Waals surface area contributed by atoms with Crippen molar-refractivity contribution in [3.8, 4) is 0 Å². The van der Waals surface area contributed by atoms with E-state index in [2.05, 4.69) is 6.26 Å². The van der Waals surface area contributed by atoms with Crippen LogP contribution in [0.1, 0.15) is 11.1 Å². The maximum atomic E-state index is 5.32. The third-order valence-corrected chi connectivity index (χ3v) is 2.19. The lowest BCUT2D eigenvalue weighted by Gasteiger charge is -1.99. The topological polar surface area (TPSA) is 9.23 Å². The Balaban J connectivity index is 1.83. The summed E-state index contributed by atoms with van der Waals surface area (Å²) in [7, 11) is 0. The standard InChI is InChI=1S/C15H13O/c1-3-7-14(8-4-1)11-12-16-13-15-9-5-2-6-10-15/h1-11H,13H2. The van der Waals surface area contributed by atoms with Crippen LogP contribution in [0.25, 0.3) is 6.08 Å². The maximum Gasteiger partial charge on any atom is 0.162 e. The Hall–Kier alpha value is -2.02. The average molecular weight is 209 g/mol. The first-order valence-corrected chi connectivity index (χ1v) is 5.25. The first-order chi connectivity index (χ1) is 7.95. The van der Waals surface area contributed by atoms with Crippen molar-refractivity contribution in [3.63, 3.8) is 0 Å². The molecule has 0 saturated carbocycles. The van der Waals surface area contributed by atoms with E-state index in [4.69, 9.17) is 4.74 Å². The molecule has 0 aliphatic heterocycles. The summed E-state index contributed by atoms with van der Waals surface area (Å²) in [6, 6.07) is 20.1. The summed E-state index contributed by atoms with van der Waals surface area (Å²) in [4.78, 5) is 0. The molecular weight excluding hydrogens is 196 g/mol. The van der Waals surface area contributed by atoms with E-state index in [-0.39, 0.29) is 0 Å². The first kappa shape index (κ1) is 10.5. The monoisotopic (exact) mass is 209 g/mol. The van der Waals surface area contributed by atoms with Crippen LogP contribution in [-0.4, -0.2) is 0 Å². The number of rotatable bonds is 4. The second-order valence-corrected chi connectivity index (χ2v) is 3.45. The fraction of sp³-hybridized carbons (Fsp3) is 0.0667. The predicted molar refractivity (Wildman–Crippen MR) is 65.4 cm³/mol. The normalized spacial score (nSPS) is 10.5. The molecule has 2 rings (SSSR count). The summed E-state index contributed by atoms with van der Waals surface area (Å²) in [5.41, 5.74) is 2.24. The summed E-state index contributed by atoms with van der Waals surface area (Å²) in [5.74, 6) is 0. The summed E-state index contributed by atoms with van der Waals surface area (Å²) < 4.78 is 5.32. The maximum absolute atomic E-state index is 5.32. The van der Waals surface area contributed by atoms with Gasteiger partial charge in [-0.05, 0) is 17.2 Å². The van der Waals surface area contributed by atoms with E-state index in [1.54, 1.807) is 0 Å². The Morgan fingerprint density at radius 2 is 1.50 bits per heavy atom. The minimum Gasteiger partial charge on any atom is -0.485 e. The van der Waals surface area contributed by atoms with Crippen LogP contribution < -0.4 is 0 Å². The molecule has 16 heavy (non-hydrogen) atoms. The van der Waals surface area contributed by atoms with Crippen LogP contribution in [0.2, 0.25) is 0 Å². The molecule has 0 aromatic heterocycles. The third-order valence-electron chi connectivity index (χ3n) is 2.19. The Labute approximate surface area is 96.0 Å². The largest absolute Gasteiger partial charge is 0.485 e. The van der Waals surface area contributed by atoms with Crippen LogP contribution in [-0.2, 0) is 11.3 Å². The lowest BCUT2D eigenvalue weighted by Crippen LogP contribution is -1.85. The Kier molecular flexibility index (Phi) is 3.78. The van der Waals surface area contributed by atoms with Crippen LogP contribution in [0, 0.1) is 6.26 Å². The Bertz CT molecular complexity index is 432. The molecule has 0 unspecified atom stereocenters. The highest BCUT2D eigenvalue weighted by atomic mass is 16.5. The van der Waals surface area contributed by atoms with Gasteiger partial charge in [0.2, 0.25) is 0 Å². The Morgan fingerprint density at radius 3 is 2.19 bits per heavy atom. The van der Waals surface area contributed by atoms with E-state index < -0.39 is 0 Å². The minimum absolute atomic E-state index is 0.560. The van der Waals surface area contributed by atoms with Gasteiger partial charge in [0, 0.05) is 0 Å². The highest BCUT2D eigenvalue weighted by molar-refractivity contribution is 5.45. The molecule has 2 aromatic rings. The van der Waals surface area contributed by atoms with Gasteiger partial charge >= 0.3 is 0 Å². The minimum atomic E-state index is 0.560. The van der Waals surface area contributed by atoms with Gasteiger partial charge in [-0.25, -0.2) is 0 Å². The molecule has 79 valence electrons. The zero-order valence-corrected chi connectivity index (χ0v) is 8.97. The second kappa shape index (κ2) is 5.76. The van der Waals surface area contributed by atoms with Gasteiger partial charge in [0.15, 0.2) is 6.26 Å². The molecule has 0 bridgehead atoms. The molecule has 0 spiro atoms. The fourth-order valence-corrected chi connectivity index (χ4v) is 1.36. The highest BCUT2D eigenvalue weighted by Gasteiger charge is 1.88. The molecule has 0 heterocycles. The molecule has 1 heteroatoms. The molecule has 0 N–H and O–H groups in total. The van der Waals surface area contributed by atoms with Crippen molar-refractivity contribution in [2.24, 2.45) is 0 Å². The lowest BCUT2D eigenvalue weighted by atomic mass is 10.2.